The summed E-state index contributed by atoms with van der Waals surface area (Å²) in [6, 6.07) is 2.70. The van der Waals surface area contributed by atoms with E-state index in [1.807, 2.05) is 0 Å². The molecule has 6 heteroatoms. The first-order valence-electron chi connectivity index (χ1n) is 3.86. The van der Waals surface area contributed by atoms with Crippen molar-refractivity contribution in [3.8, 4) is 5.75 Å². The van der Waals surface area contributed by atoms with E-state index < -0.39 is 12.9 Å². The van der Waals surface area contributed by atoms with Crippen LogP contribution in [0.2, 0.25) is 0 Å². The first-order valence-corrected chi connectivity index (χ1v) is 4.74. The van der Waals surface area contributed by atoms with Crippen molar-refractivity contribution in [2.24, 2.45) is 0 Å². The molecule has 0 spiro atoms. The molecule has 1 heterocycles. The van der Waals surface area contributed by atoms with Gasteiger partial charge in [0.1, 0.15) is 11.6 Å². The van der Waals surface area contributed by atoms with Crippen molar-refractivity contribution in [1.82, 2.24) is 0 Å². The molecule has 0 aliphatic carbocycles. The Kier molecular flexibility index (Phi) is 2.18. The number of halogens is 1. The molecule has 0 bridgehead atoms. The molecule has 0 aliphatic rings. The molecule has 3 nitrogen and oxygen atoms in total. The highest BCUT2D eigenvalue weighted by atomic mass is 32.1. The minimum Gasteiger partial charge on any atom is -0.506 e. The molecule has 1 aromatic heterocycles. The third-order valence-electron chi connectivity index (χ3n) is 1.97. The summed E-state index contributed by atoms with van der Waals surface area (Å²) in [5.41, 5.74) is -0.181. The predicted molar refractivity (Wildman–Crippen MR) is 53.3 cm³/mol. The number of benzene rings is 1. The third-order valence-corrected chi connectivity index (χ3v) is 2.95. The number of hydrogen-bond acceptors (Lipinski definition) is 4. The average molecular weight is 212 g/mol. The molecular weight excluding hydrogens is 206 g/mol. The number of rotatable bonds is 1. The van der Waals surface area contributed by atoms with Crippen LogP contribution in [0.25, 0.3) is 10.1 Å². The molecule has 0 unspecified atom stereocenters. The second-order valence-electron chi connectivity index (χ2n) is 2.84. The van der Waals surface area contributed by atoms with Crippen molar-refractivity contribution >= 4 is 34.0 Å². The normalized spacial score (nSPS) is 10.8. The number of hydrogen-bond donors (Lipinski definition) is 3. The molecule has 72 valence electrons. The molecular formula is C8H6BFO3S. The fourth-order valence-corrected chi connectivity index (χ4v) is 2.14. The van der Waals surface area contributed by atoms with Crippen LogP contribution < -0.4 is 5.46 Å². The Labute approximate surface area is 83.2 Å². The molecule has 0 fully saturated rings. The van der Waals surface area contributed by atoms with E-state index in [1.165, 1.54) is 17.5 Å². The van der Waals surface area contributed by atoms with Gasteiger partial charge in [-0.1, -0.05) is 6.07 Å². The Bertz CT molecular complexity index is 483. The lowest BCUT2D eigenvalue weighted by molar-refractivity contribution is 0.423. The largest absolute Gasteiger partial charge is 0.506 e. The Morgan fingerprint density at radius 3 is 2.64 bits per heavy atom. The maximum atomic E-state index is 13.5. The smallest absolute Gasteiger partial charge is 0.491 e. The maximum Gasteiger partial charge on any atom is 0.491 e. The minimum absolute atomic E-state index is 0.00267. The first kappa shape index (κ1) is 9.45. The molecule has 2 rings (SSSR count). The van der Waals surface area contributed by atoms with Crippen LogP contribution in [-0.2, 0) is 0 Å². The van der Waals surface area contributed by atoms with E-state index in [0.717, 1.165) is 11.3 Å². The van der Waals surface area contributed by atoms with E-state index >= 15 is 0 Å². The van der Waals surface area contributed by atoms with Crippen molar-refractivity contribution in [2.75, 3.05) is 0 Å². The lowest BCUT2D eigenvalue weighted by atomic mass is 9.79. The Morgan fingerprint density at radius 1 is 1.29 bits per heavy atom. The fraction of sp³-hybridized carbons (Fsp3) is 0. The SMILES string of the molecule is OB(O)c1ccc2c(O)csc2c1F. The van der Waals surface area contributed by atoms with E-state index in [4.69, 9.17) is 10.0 Å². The quantitative estimate of drug-likeness (QED) is 0.600. The summed E-state index contributed by atoms with van der Waals surface area (Å²) in [5, 5.41) is 28.7. The molecule has 1 aromatic carbocycles. The Hall–Kier alpha value is -1.11. The van der Waals surface area contributed by atoms with E-state index in [0.29, 0.717) is 5.39 Å². The summed E-state index contributed by atoms with van der Waals surface area (Å²) in [6.07, 6.45) is 0. The molecule has 0 saturated carbocycles. The summed E-state index contributed by atoms with van der Waals surface area (Å²) in [6.45, 7) is 0. The second kappa shape index (κ2) is 3.23. The first-order chi connectivity index (χ1) is 6.61. The van der Waals surface area contributed by atoms with Gasteiger partial charge in [0.05, 0.1) is 4.70 Å². The Morgan fingerprint density at radius 2 is 2.00 bits per heavy atom. The maximum absolute atomic E-state index is 13.5. The van der Waals surface area contributed by atoms with Crippen LogP contribution in [0.15, 0.2) is 17.5 Å². The monoisotopic (exact) mass is 212 g/mol. The van der Waals surface area contributed by atoms with Crippen LogP contribution in [0.3, 0.4) is 0 Å². The van der Waals surface area contributed by atoms with Gasteiger partial charge in [-0.05, 0) is 6.07 Å². The van der Waals surface area contributed by atoms with E-state index in [2.05, 4.69) is 0 Å². The summed E-state index contributed by atoms with van der Waals surface area (Å²) in [7, 11) is -1.83. The highest BCUT2D eigenvalue weighted by Crippen LogP contribution is 2.31. The molecule has 14 heavy (non-hydrogen) atoms. The fourth-order valence-electron chi connectivity index (χ4n) is 1.27. The summed E-state index contributed by atoms with van der Waals surface area (Å²) in [4.78, 5) is 0. The van der Waals surface area contributed by atoms with Crippen LogP contribution >= 0.6 is 11.3 Å². The van der Waals surface area contributed by atoms with Crippen LogP contribution in [0, 0.1) is 5.82 Å². The van der Waals surface area contributed by atoms with E-state index in [9.17, 15) is 9.50 Å². The van der Waals surface area contributed by atoms with Gasteiger partial charge in [-0.25, -0.2) is 4.39 Å². The van der Waals surface area contributed by atoms with E-state index in [1.54, 1.807) is 0 Å². The van der Waals surface area contributed by atoms with Gasteiger partial charge in [0.15, 0.2) is 0 Å². The molecule has 0 saturated heterocycles. The summed E-state index contributed by atoms with van der Waals surface area (Å²) >= 11 is 1.02. The number of aromatic hydroxyl groups is 1. The van der Waals surface area contributed by atoms with Gasteiger partial charge in [0, 0.05) is 16.2 Å². The van der Waals surface area contributed by atoms with E-state index in [-0.39, 0.29) is 15.9 Å². The molecule has 0 atom stereocenters. The molecule has 0 aliphatic heterocycles. The highest BCUT2D eigenvalue weighted by molar-refractivity contribution is 7.17. The topological polar surface area (TPSA) is 60.7 Å². The zero-order valence-electron chi connectivity index (χ0n) is 6.94. The van der Waals surface area contributed by atoms with Crippen LogP contribution in [0.1, 0.15) is 0 Å². The summed E-state index contributed by atoms with van der Waals surface area (Å²) < 4.78 is 13.7. The van der Waals surface area contributed by atoms with Crippen LogP contribution in [-0.4, -0.2) is 22.3 Å². The average Bonchev–Trinajstić information content (AvgIpc) is 2.49. The zero-order chi connectivity index (χ0) is 10.3. The summed E-state index contributed by atoms with van der Waals surface area (Å²) in [5.74, 6) is -0.689. The molecule has 0 amide bonds. The minimum atomic E-state index is -1.83. The van der Waals surface area contributed by atoms with Gasteiger partial charge in [-0.2, -0.15) is 0 Å². The van der Waals surface area contributed by atoms with Crippen molar-refractivity contribution in [1.29, 1.82) is 0 Å². The van der Waals surface area contributed by atoms with Gasteiger partial charge in [0.25, 0.3) is 0 Å². The second-order valence-corrected chi connectivity index (χ2v) is 3.72. The van der Waals surface area contributed by atoms with Gasteiger partial charge in [0.2, 0.25) is 0 Å². The third kappa shape index (κ3) is 1.28. The van der Waals surface area contributed by atoms with Crippen molar-refractivity contribution in [2.45, 2.75) is 0 Å². The standard InChI is InChI=1S/C8H6BFO3S/c10-7-5(9(12)13)2-1-4-6(11)3-14-8(4)7/h1-3,11-13H. The van der Waals surface area contributed by atoms with Crippen molar-refractivity contribution < 1.29 is 19.5 Å². The zero-order valence-corrected chi connectivity index (χ0v) is 7.75. The van der Waals surface area contributed by atoms with Crippen molar-refractivity contribution in [3.63, 3.8) is 0 Å². The van der Waals surface area contributed by atoms with Gasteiger partial charge < -0.3 is 15.2 Å². The van der Waals surface area contributed by atoms with Crippen LogP contribution in [0.5, 0.6) is 5.75 Å². The van der Waals surface area contributed by atoms with Gasteiger partial charge in [-0.3, -0.25) is 0 Å². The highest BCUT2D eigenvalue weighted by Gasteiger charge is 2.19. The molecule has 3 N–H and O–H groups in total. The van der Waals surface area contributed by atoms with Gasteiger partial charge >= 0.3 is 7.12 Å². The Balaban J connectivity index is 2.76. The number of fused-ring (bicyclic) bond motifs is 1. The lowest BCUT2D eigenvalue weighted by Gasteiger charge is -2.01. The lowest BCUT2D eigenvalue weighted by Crippen LogP contribution is -2.32. The van der Waals surface area contributed by atoms with Gasteiger partial charge in [-0.15, -0.1) is 11.3 Å². The predicted octanol–water partition coefficient (Wildman–Crippen LogP) is 0.426. The molecule has 2 aromatic rings. The molecule has 0 radical (unpaired) electrons. The van der Waals surface area contributed by atoms with Crippen LogP contribution in [0.4, 0.5) is 4.39 Å². The number of thiophene rings is 1. The van der Waals surface area contributed by atoms with Crippen molar-refractivity contribution in [3.05, 3.63) is 23.3 Å².